The van der Waals surface area contributed by atoms with Gasteiger partial charge in [0.2, 0.25) is 10.0 Å². The minimum absolute atomic E-state index is 0.0857. The van der Waals surface area contributed by atoms with Crippen LogP contribution in [0.5, 0.6) is 0 Å². The molecule has 124 valence electrons. The van der Waals surface area contributed by atoms with Crippen molar-refractivity contribution < 1.29 is 8.42 Å². The van der Waals surface area contributed by atoms with E-state index in [1.807, 2.05) is 6.07 Å². The minimum atomic E-state index is -3.60. The predicted octanol–water partition coefficient (Wildman–Crippen LogP) is 2.36. The first kappa shape index (κ1) is 16.7. The summed E-state index contributed by atoms with van der Waals surface area (Å²) in [5.74, 6) is 0.828. The lowest BCUT2D eigenvalue weighted by Crippen LogP contribution is -2.45. The zero-order valence-electron chi connectivity index (χ0n) is 12.8. The molecule has 1 heterocycles. The van der Waals surface area contributed by atoms with E-state index < -0.39 is 10.0 Å². The number of nitriles is 1. The quantitative estimate of drug-likeness (QED) is 0.881. The van der Waals surface area contributed by atoms with Gasteiger partial charge >= 0.3 is 0 Å². The molecule has 1 aromatic carbocycles. The first-order chi connectivity index (χ1) is 11.0. The van der Waals surface area contributed by atoms with Crippen LogP contribution in [-0.4, -0.2) is 38.4 Å². The van der Waals surface area contributed by atoms with Gasteiger partial charge in [0.25, 0.3) is 0 Å². The summed E-state index contributed by atoms with van der Waals surface area (Å²) in [6.07, 6.45) is 4.27. The number of piperidine rings is 1. The third-order valence-corrected chi connectivity index (χ3v) is 6.91. The molecule has 0 unspecified atom stereocenters. The van der Waals surface area contributed by atoms with Crippen molar-refractivity contribution in [3.8, 4) is 6.07 Å². The van der Waals surface area contributed by atoms with Crippen LogP contribution >= 0.6 is 11.6 Å². The van der Waals surface area contributed by atoms with Crippen molar-refractivity contribution >= 4 is 21.6 Å². The van der Waals surface area contributed by atoms with Gasteiger partial charge in [0.1, 0.15) is 4.90 Å². The maximum atomic E-state index is 12.7. The molecule has 0 radical (unpaired) electrons. The van der Waals surface area contributed by atoms with E-state index in [9.17, 15) is 8.42 Å². The molecule has 5 nitrogen and oxygen atoms in total. The molecule has 23 heavy (non-hydrogen) atoms. The lowest BCUT2D eigenvalue weighted by molar-refractivity contribution is 0.288. The number of nitrogens with zero attached hydrogens (tertiary/aromatic N) is 2. The molecule has 1 aromatic rings. The number of hydrogen-bond donors (Lipinski definition) is 1. The number of benzene rings is 1. The molecule has 2 fully saturated rings. The normalized spacial score (nSPS) is 20.3. The summed E-state index contributed by atoms with van der Waals surface area (Å²) in [7, 11) is -3.60. The van der Waals surface area contributed by atoms with Gasteiger partial charge in [0.05, 0.1) is 16.7 Å². The molecule has 0 atom stereocenters. The predicted molar refractivity (Wildman–Crippen MR) is 88.7 cm³/mol. The molecule has 1 aliphatic heterocycles. The molecular weight excluding hydrogens is 334 g/mol. The fraction of sp³-hybridized carbons (Fsp3) is 0.562. The highest BCUT2D eigenvalue weighted by molar-refractivity contribution is 7.89. The van der Waals surface area contributed by atoms with E-state index in [-0.39, 0.29) is 9.92 Å². The average Bonchev–Trinajstić information content (AvgIpc) is 3.37. The molecule has 0 amide bonds. The Morgan fingerprint density at radius 3 is 2.52 bits per heavy atom. The second kappa shape index (κ2) is 6.78. The Kier molecular flexibility index (Phi) is 4.93. The van der Waals surface area contributed by atoms with Crippen LogP contribution < -0.4 is 5.32 Å². The van der Waals surface area contributed by atoms with Crippen LogP contribution in [0.4, 0.5) is 0 Å². The Morgan fingerprint density at radius 1 is 1.26 bits per heavy atom. The van der Waals surface area contributed by atoms with Crippen LogP contribution in [-0.2, 0) is 10.0 Å². The largest absolute Gasteiger partial charge is 0.314 e. The van der Waals surface area contributed by atoms with Crippen molar-refractivity contribution in [1.82, 2.24) is 9.62 Å². The zero-order valence-corrected chi connectivity index (χ0v) is 14.4. The fourth-order valence-electron chi connectivity index (χ4n) is 2.87. The summed E-state index contributed by atoms with van der Waals surface area (Å²) in [6.45, 7) is 2.06. The lowest BCUT2D eigenvalue weighted by atomic mass is 10.1. The second-order valence-corrected chi connectivity index (χ2v) is 8.60. The lowest BCUT2D eigenvalue weighted by Gasteiger charge is -2.32. The highest BCUT2D eigenvalue weighted by atomic mass is 35.5. The average molecular weight is 354 g/mol. The highest BCUT2D eigenvalue weighted by Gasteiger charge is 2.31. The summed E-state index contributed by atoms with van der Waals surface area (Å²) >= 11 is 6.06. The Morgan fingerprint density at radius 2 is 1.96 bits per heavy atom. The van der Waals surface area contributed by atoms with Crippen LogP contribution in [0, 0.1) is 17.2 Å². The summed E-state index contributed by atoms with van der Waals surface area (Å²) in [4.78, 5) is 0.0857. The standard InChI is InChI=1S/C16H20ClN3O2S/c17-15-9-13(10-18)3-4-16(15)23(21,22)20-7-5-14(6-8-20)19-11-12-1-2-12/h3-4,9,12,14,19H,1-2,5-8,11H2. The van der Waals surface area contributed by atoms with Crippen molar-refractivity contribution in [3.63, 3.8) is 0 Å². The number of hydrogen-bond acceptors (Lipinski definition) is 4. The molecule has 1 N–H and O–H groups in total. The van der Waals surface area contributed by atoms with Gasteiger partial charge in [0, 0.05) is 19.1 Å². The topological polar surface area (TPSA) is 73.2 Å². The van der Waals surface area contributed by atoms with Crippen molar-refractivity contribution in [2.24, 2.45) is 5.92 Å². The summed E-state index contributed by atoms with van der Waals surface area (Å²) < 4.78 is 27.0. The third kappa shape index (κ3) is 3.86. The van der Waals surface area contributed by atoms with Crippen LogP contribution in [0.1, 0.15) is 31.2 Å². The molecule has 1 aliphatic carbocycles. The van der Waals surface area contributed by atoms with E-state index in [0.29, 0.717) is 24.7 Å². The highest BCUT2D eigenvalue weighted by Crippen LogP contribution is 2.29. The maximum absolute atomic E-state index is 12.7. The monoisotopic (exact) mass is 353 g/mol. The molecule has 0 aromatic heterocycles. The van der Waals surface area contributed by atoms with E-state index in [1.165, 1.54) is 35.3 Å². The van der Waals surface area contributed by atoms with Gasteiger partial charge in [-0.1, -0.05) is 11.6 Å². The van der Waals surface area contributed by atoms with Crippen molar-refractivity contribution in [2.45, 2.75) is 36.6 Å². The molecule has 1 saturated heterocycles. The second-order valence-electron chi connectivity index (χ2n) is 6.29. The smallest absolute Gasteiger partial charge is 0.244 e. The third-order valence-electron chi connectivity index (χ3n) is 4.52. The summed E-state index contributed by atoms with van der Waals surface area (Å²) in [5, 5.41) is 12.5. The van der Waals surface area contributed by atoms with E-state index in [4.69, 9.17) is 16.9 Å². The van der Waals surface area contributed by atoms with Gasteiger partial charge < -0.3 is 5.32 Å². The van der Waals surface area contributed by atoms with Gasteiger partial charge in [-0.2, -0.15) is 9.57 Å². The van der Waals surface area contributed by atoms with E-state index in [2.05, 4.69) is 5.32 Å². The van der Waals surface area contributed by atoms with Crippen molar-refractivity contribution in [1.29, 1.82) is 5.26 Å². The first-order valence-electron chi connectivity index (χ1n) is 7.94. The Hall–Kier alpha value is -1.13. The zero-order chi connectivity index (χ0) is 16.4. The van der Waals surface area contributed by atoms with Crippen LogP contribution in [0.2, 0.25) is 5.02 Å². The van der Waals surface area contributed by atoms with E-state index >= 15 is 0 Å². The number of rotatable bonds is 5. The first-order valence-corrected chi connectivity index (χ1v) is 9.75. The molecule has 3 rings (SSSR count). The summed E-state index contributed by atoms with van der Waals surface area (Å²) in [5.41, 5.74) is 0.358. The number of sulfonamides is 1. The van der Waals surface area contributed by atoms with Gasteiger partial charge in [-0.3, -0.25) is 0 Å². The van der Waals surface area contributed by atoms with Crippen LogP contribution in [0.3, 0.4) is 0 Å². The van der Waals surface area contributed by atoms with Crippen LogP contribution in [0.25, 0.3) is 0 Å². The van der Waals surface area contributed by atoms with E-state index in [0.717, 1.165) is 25.3 Å². The summed E-state index contributed by atoms with van der Waals surface area (Å²) in [6, 6.07) is 6.67. The van der Waals surface area contributed by atoms with E-state index in [1.54, 1.807) is 0 Å². The Balaban J connectivity index is 1.65. The molecule has 7 heteroatoms. The molecule has 2 aliphatic rings. The minimum Gasteiger partial charge on any atom is -0.314 e. The SMILES string of the molecule is N#Cc1ccc(S(=O)(=O)N2CCC(NCC3CC3)CC2)c(Cl)c1. The van der Waals surface area contributed by atoms with Gasteiger partial charge in [-0.15, -0.1) is 0 Å². The van der Waals surface area contributed by atoms with Crippen molar-refractivity contribution in [3.05, 3.63) is 28.8 Å². The fourth-order valence-corrected chi connectivity index (χ4v) is 4.86. The number of nitrogens with one attached hydrogen (secondary N) is 1. The molecule has 0 bridgehead atoms. The molecule has 1 saturated carbocycles. The van der Waals surface area contributed by atoms with Gasteiger partial charge in [-0.25, -0.2) is 8.42 Å². The molecular formula is C16H20ClN3O2S. The molecule has 0 spiro atoms. The van der Waals surface area contributed by atoms with Gasteiger partial charge in [0.15, 0.2) is 0 Å². The van der Waals surface area contributed by atoms with Gasteiger partial charge in [-0.05, 0) is 56.3 Å². The van der Waals surface area contributed by atoms with Crippen molar-refractivity contribution in [2.75, 3.05) is 19.6 Å². The van der Waals surface area contributed by atoms with Crippen LogP contribution in [0.15, 0.2) is 23.1 Å². The Labute approximate surface area is 142 Å². The Bertz CT molecular complexity index is 717. The maximum Gasteiger partial charge on any atom is 0.244 e. The number of halogens is 1.